The number of likely N-dealkylation sites (N-methyl/N-ethyl adjacent to an activating group) is 1. The normalized spacial score (nSPS) is 10.5. The number of anilines is 2. The van der Waals surface area contributed by atoms with E-state index in [2.05, 4.69) is 34.7 Å². The lowest BCUT2D eigenvalue weighted by atomic mass is 10.2. The van der Waals surface area contributed by atoms with Crippen LogP contribution in [-0.2, 0) is 0 Å². The Morgan fingerprint density at radius 2 is 1.69 bits per heavy atom. The third-order valence-corrected chi connectivity index (χ3v) is 4.92. The first-order valence-electron chi connectivity index (χ1n) is 9.49. The van der Waals surface area contributed by atoms with Gasteiger partial charge in [0.1, 0.15) is 5.75 Å². The number of amides is 1. The van der Waals surface area contributed by atoms with Gasteiger partial charge in [-0.2, -0.15) is 0 Å². The summed E-state index contributed by atoms with van der Waals surface area (Å²) in [5, 5.41) is 10.0. The molecule has 6 nitrogen and oxygen atoms in total. The zero-order valence-electron chi connectivity index (χ0n) is 16.9. The van der Waals surface area contributed by atoms with Gasteiger partial charge in [-0.3, -0.25) is 4.79 Å². The molecule has 0 saturated heterocycles. The lowest BCUT2D eigenvalue weighted by Gasteiger charge is -2.18. The fourth-order valence-corrected chi connectivity index (χ4v) is 3.21. The minimum Gasteiger partial charge on any atom is -0.495 e. The van der Waals surface area contributed by atoms with E-state index in [0.29, 0.717) is 28.0 Å². The van der Waals surface area contributed by atoms with Gasteiger partial charge in [-0.25, -0.2) is 0 Å². The van der Waals surface area contributed by atoms with Crippen LogP contribution in [0.2, 0.25) is 5.02 Å². The molecule has 0 bridgehead atoms. The second-order valence-corrected chi connectivity index (χ2v) is 7.10. The van der Waals surface area contributed by atoms with Gasteiger partial charge in [0.2, 0.25) is 0 Å². The van der Waals surface area contributed by atoms with Crippen LogP contribution in [0.1, 0.15) is 24.2 Å². The number of benzene rings is 2. The summed E-state index contributed by atoms with van der Waals surface area (Å²) < 4.78 is 5.14. The molecule has 2 aromatic rings. The number of hydrogen-bond acceptors (Lipinski definition) is 4. The zero-order valence-corrected chi connectivity index (χ0v) is 18.5. The standard InChI is InChI=1S/C21H27ClN4O2S/c1-4-26(5-2)13-12-23-20(27)15-6-8-16(9-7-15)24-21(29)25-17-10-11-19(28-3)18(22)14-17/h6-11,14H,4-5,12-13H2,1-3H3,(H,23,27)(H2,24,25,29). The van der Waals surface area contributed by atoms with Crippen molar-refractivity contribution in [3.05, 3.63) is 53.1 Å². The van der Waals surface area contributed by atoms with E-state index in [-0.39, 0.29) is 5.91 Å². The van der Waals surface area contributed by atoms with Crippen molar-refractivity contribution < 1.29 is 9.53 Å². The van der Waals surface area contributed by atoms with Crippen LogP contribution >= 0.6 is 23.8 Å². The molecule has 0 aromatic heterocycles. The fourth-order valence-electron chi connectivity index (χ4n) is 2.71. The Morgan fingerprint density at radius 1 is 1.07 bits per heavy atom. The summed E-state index contributed by atoms with van der Waals surface area (Å²) in [5.41, 5.74) is 2.13. The average Bonchev–Trinajstić information content (AvgIpc) is 2.71. The van der Waals surface area contributed by atoms with Crippen LogP contribution in [0.3, 0.4) is 0 Å². The number of nitrogens with zero attached hydrogens (tertiary/aromatic N) is 1. The van der Waals surface area contributed by atoms with Crippen LogP contribution < -0.4 is 20.7 Å². The summed E-state index contributed by atoms with van der Waals surface area (Å²) >= 11 is 11.5. The molecule has 1 amide bonds. The van der Waals surface area contributed by atoms with E-state index in [1.807, 2.05) is 18.2 Å². The van der Waals surface area contributed by atoms with E-state index in [4.69, 9.17) is 28.6 Å². The first-order chi connectivity index (χ1) is 14.0. The number of ether oxygens (including phenoxy) is 1. The number of hydrogen-bond donors (Lipinski definition) is 3. The lowest BCUT2D eigenvalue weighted by Crippen LogP contribution is -2.34. The van der Waals surface area contributed by atoms with E-state index in [1.54, 1.807) is 31.4 Å². The Hall–Kier alpha value is -2.35. The van der Waals surface area contributed by atoms with Gasteiger partial charge in [-0.05, 0) is 67.8 Å². The lowest BCUT2D eigenvalue weighted by molar-refractivity contribution is 0.0949. The molecule has 8 heteroatoms. The number of rotatable bonds is 9. The number of thiocarbonyl (C=S) groups is 1. The number of carbonyl (C=O) groups is 1. The minimum atomic E-state index is -0.0858. The van der Waals surface area contributed by atoms with E-state index >= 15 is 0 Å². The molecule has 0 saturated carbocycles. The molecule has 0 aliphatic heterocycles. The highest BCUT2D eigenvalue weighted by atomic mass is 35.5. The molecule has 0 heterocycles. The Kier molecular flexibility index (Phi) is 9.18. The number of carbonyl (C=O) groups excluding carboxylic acids is 1. The van der Waals surface area contributed by atoms with Crippen molar-refractivity contribution in [3.8, 4) is 5.75 Å². The SMILES string of the molecule is CCN(CC)CCNC(=O)c1ccc(NC(=S)Nc2ccc(OC)c(Cl)c2)cc1. The summed E-state index contributed by atoms with van der Waals surface area (Å²) in [4.78, 5) is 14.5. The molecule has 0 aliphatic rings. The van der Waals surface area contributed by atoms with Crippen molar-refractivity contribution in [1.29, 1.82) is 0 Å². The van der Waals surface area contributed by atoms with Crippen molar-refractivity contribution in [3.63, 3.8) is 0 Å². The molecule has 3 N–H and O–H groups in total. The molecule has 0 fully saturated rings. The van der Waals surface area contributed by atoms with Crippen LogP contribution in [0.4, 0.5) is 11.4 Å². The first-order valence-corrected chi connectivity index (χ1v) is 10.3. The maximum Gasteiger partial charge on any atom is 0.251 e. The van der Waals surface area contributed by atoms with Gasteiger partial charge in [0.05, 0.1) is 12.1 Å². The molecule has 2 rings (SSSR count). The van der Waals surface area contributed by atoms with Gasteiger partial charge in [0, 0.05) is 30.0 Å². The molecule has 29 heavy (non-hydrogen) atoms. The van der Waals surface area contributed by atoms with E-state index in [0.717, 1.165) is 31.0 Å². The van der Waals surface area contributed by atoms with Gasteiger partial charge in [0.15, 0.2) is 5.11 Å². The second-order valence-electron chi connectivity index (χ2n) is 6.29. The van der Waals surface area contributed by atoms with Crippen molar-refractivity contribution in [2.45, 2.75) is 13.8 Å². The van der Waals surface area contributed by atoms with Gasteiger partial charge in [-0.15, -0.1) is 0 Å². The predicted molar refractivity (Wildman–Crippen MR) is 124 cm³/mol. The van der Waals surface area contributed by atoms with Crippen molar-refractivity contribution in [1.82, 2.24) is 10.2 Å². The Labute approximate surface area is 182 Å². The second kappa shape index (κ2) is 11.6. The number of halogens is 1. The fraction of sp³-hybridized carbons (Fsp3) is 0.333. The van der Waals surface area contributed by atoms with Gasteiger partial charge in [-0.1, -0.05) is 25.4 Å². The highest BCUT2D eigenvalue weighted by molar-refractivity contribution is 7.80. The van der Waals surface area contributed by atoms with Crippen molar-refractivity contribution in [2.75, 3.05) is 43.9 Å². The summed E-state index contributed by atoms with van der Waals surface area (Å²) in [5.74, 6) is 0.513. The minimum absolute atomic E-state index is 0.0858. The van der Waals surface area contributed by atoms with E-state index in [1.165, 1.54) is 0 Å². The van der Waals surface area contributed by atoms with Crippen LogP contribution in [0, 0.1) is 0 Å². The Morgan fingerprint density at radius 3 is 2.28 bits per heavy atom. The van der Waals surface area contributed by atoms with Gasteiger partial charge < -0.3 is 25.6 Å². The topological polar surface area (TPSA) is 65.6 Å². The summed E-state index contributed by atoms with van der Waals surface area (Å²) in [7, 11) is 1.56. The first kappa shape index (κ1) is 22.9. The Balaban J connectivity index is 1.85. The monoisotopic (exact) mass is 434 g/mol. The van der Waals surface area contributed by atoms with Crippen LogP contribution in [0.25, 0.3) is 0 Å². The largest absolute Gasteiger partial charge is 0.495 e. The third-order valence-electron chi connectivity index (χ3n) is 4.42. The van der Waals surface area contributed by atoms with Crippen molar-refractivity contribution in [2.24, 2.45) is 0 Å². The van der Waals surface area contributed by atoms with Gasteiger partial charge in [0.25, 0.3) is 5.91 Å². The zero-order chi connectivity index (χ0) is 21.2. The van der Waals surface area contributed by atoms with Crippen LogP contribution in [-0.4, -0.2) is 49.2 Å². The highest BCUT2D eigenvalue weighted by Crippen LogP contribution is 2.27. The summed E-state index contributed by atoms with van der Waals surface area (Å²) in [6.45, 7) is 7.64. The van der Waals surface area contributed by atoms with E-state index in [9.17, 15) is 4.79 Å². The molecule has 0 unspecified atom stereocenters. The number of methoxy groups -OCH3 is 1. The van der Waals surface area contributed by atoms with Crippen LogP contribution in [0.5, 0.6) is 5.75 Å². The summed E-state index contributed by atoms with van der Waals surface area (Å²) in [6, 6.07) is 12.5. The third kappa shape index (κ3) is 7.20. The quantitative estimate of drug-likeness (QED) is 0.513. The predicted octanol–water partition coefficient (Wildman–Crippen LogP) is 4.23. The summed E-state index contributed by atoms with van der Waals surface area (Å²) in [6.07, 6.45) is 0. The molecular weight excluding hydrogens is 408 g/mol. The molecule has 2 aromatic carbocycles. The smallest absolute Gasteiger partial charge is 0.251 e. The maximum absolute atomic E-state index is 12.3. The van der Waals surface area contributed by atoms with Crippen molar-refractivity contribution >= 4 is 46.2 Å². The molecule has 156 valence electrons. The Bertz CT molecular complexity index is 826. The average molecular weight is 435 g/mol. The van der Waals surface area contributed by atoms with Crippen LogP contribution in [0.15, 0.2) is 42.5 Å². The van der Waals surface area contributed by atoms with Gasteiger partial charge >= 0.3 is 0 Å². The highest BCUT2D eigenvalue weighted by Gasteiger charge is 2.07. The molecule has 0 spiro atoms. The number of nitrogens with one attached hydrogen (secondary N) is 3. The molecule has 0 atom stereocenters. The molecule has 0 radical (unpaired) electrons. The molecule has 0 aliphatic carbocycles. The molecular formula is C21H27ClN4O2S. The maximum atomic E-state index is 12.3. The van der Waals surface area contributed by atoms with E-state index < -0.39 is 0 Å².